The molecule has 0 spiro atoms. The Morgan fingerprint density at radius 2 is 1.93 bits per heavy atom. The third-order valence-electron chi connectivity index (χ3n) is 4.40. The number of halogens is 3. The smallest absolute Gasteiger partial charge is 0.325 e. The molecule has 0 saturated carbocycles. The first-order valence-electron chi connectivity index (χ1n) is 8.18. The van der Waals surface area contributed by atoms with Crippen LogP contribution in [0.4, 0.5) is 13.2 Å². The van der Waals surface area contributed by atoms with Gasteiger partial charge in [-0.25, -0.2) is 18.4 Å². The number of rotatable bonds is 3. The maximum Gasteiger partial charge on any atom is 0.433 e. The number of hydrogen-bond acceptors (Lipinski definition) is 6. The number of imidazole rings is 1. The molecule has 0 aliphatic rings. The highest BCUT2D eigenvalue weighted by molar-refractivity contribution is 7.92. The Bertz CT molecular complexity index is 1330. The van der Waals surface area contributed by atoms with Crippen LogP contribution in [0.5, 0.6) is 0 Å². The van der Waals surface area contributed by atoms with E-state index < -0.39 is 21.7 Å². The lowest BCUT2D eigenvalue weighted by Crippen LogP contribution is -2.07. The number of pyridine rings is 1. The minimum absolute atomic E-state index is 0.0769. The van der Waals surface area contributed by atoms with Gasteiger partial charge in [0.15, 0.2) is 15.7 Å². The Hall–Kier alpha value is -1.98. The molecular weight excluding hydrogens is 431 g/mol. The normalized spacial score (nSPS) is 13.1. The maximum absolute atomic E-state index is 13.0. The number of aryl methyl sites for hydroxylation is 2. The van der Waals surface area contributed by atoms with Gasteiger partial charge < -0.3 is 4.57 Å². The van der Waals surface area contributed by atoms with Crippen molar-refractivity contribution in [3.05, 3.63) is 28.9 Å². The topological polar surface area (TPSA) is 64.8 Å². The van der Waals surface area contributed by atoms with E-state index >= 15 is 0 Å². The molecule has 0 unspecified atom stereocenters. The molecule has 0 aliphatic carbocycles. The van der Waals surface area contributed by atoms with Gasteiger partial charge in [-0.2, -0.15) is 13.2 Å². The molecule has 0 saturated heterocycles. The fourth-order valence-corrected chi connectivity index (χ4v) is 7.50. The maximum atomic E-state index is 13.0. The van der Waals surface area contributed by atoms with Crippen LogP contribution in [0.2, 0.25) is 0 Å². The second kappa shape index (κ2) is 6.26. The summed E-state index contributed by atoms with van der Waals surface area (Å²) in [5.74, 6) is 0.237. The number of aromatic nitrogens is 3. The number of alkyl halides is 3. The van der Waals surface area contributed by atoms with Crippen LogP contribution in [0, 0.1) is 6.92 Å². The van der Waals surface area contributed by atoms with E-state index in [0.29, 0.717) is 20.9 Å². The lowest BCUT2D eigenvalue weighted by molar-refractivity contribution is -0.141. The summed E-state index contributed by atoms with van der Waals surface area (Å²) in [5.41, 5.74) is -0.516. The number of nitrogens with zero attached hydrogens (tertiary/aromatic N) is 3. The van der Waals surface area contributed by atoms with Crippen molar-refractivity contribution in [2.75, 3.05) is 5.75 Å². The highest BCUT2D eigenvalue weighted by atomic mass is 32.2. The molecule has 148 valence electrons. The number of thiophene rings is 2. The van der Waals surface area contributed by atoms with Gasteiger partial charge in [0, 0.05) is 16.6 Å². The largest absolute Gasteiger partial charge is 0.433 e. The Morgan fingerprint density at radius 3 is 2.57 bits per heavy atom. The van der Waals surface area contributed by atoms with E-state index in [1.807, 2.05) is 13.0 Å². The van der Waals surface area contributed by atoms with E-state index in [1.165, 1.54) is 22.7 Å². The summed E-state index contributed by atoms with van der Waals surface area (Å²) in [6, 6.07) is 2.79. The molecule has 28 heavy (non-hydrogen) atoms. The first kappa shape index (κ1) is 19.3. The van der Waals surface area contributed by atoms with Crippen LogP contribution in [0.15, 0.2) is 23.2 Å². The zero-order valence-electron chi connectivity index (χ0n) is 15.0. The zero-order chi connectivity index (χ0) is 20.4. The van der Waals surface area contributed by atoms with Crippen LogP contribution in [0.3, 0.4) is 0 Å². The second-order valence-corrected chi connectivity index (χ2v) is 10.8. The van der Waals surface area contributed by atoms with Crippen molar-refractivity contribution in [1.82, 2.24) is 14.5 Å². The molecule has 4 heterocycles. The monoisotopic (exact) mass is 445 g/mol. The van der Waals surface area contributed by atoms with Crippen molar-refractivity contribution in [2.24, 2.45) is 7.05 Å². The van der Waals surface area contributed by atoms with Crippen molar-refractivity contribution >= 4 is 52.9 Å². The van der Waals surface area contributed by atoms with Gasteiger partial charge in [-0.3, -0.25) is 0 Å². The minimum atomic E-state index is -4.58. The SMILES string of the molecule is CCS(=O)(=O)c1c(-c2nc3cc(C(F)(F)F)ncc3n2C)sc2cc(C)sc12. The predicted octanol–water partition coefficient (Wildman–Crippen LogP) is 5.03. The second-order valence-electron chi connectivity index (χ2n) is 6.26. The molecule has 0 amide bonds. The van der Waals surface area contributed by atoms with Crippen molar-refractivity contribution in [3.63, 3.8) is 0 Å². The van der Waals surface area contributed by atoms with E-state index in [-0.39, 0.29) is 16.2 Å². The molecule has 0 bridgehead atoms. The summed E-state index contributed by atoms with van der Waals surface area (Å²) in [6.45, 7) is 3.47. The molecule has 0 aliphatic heterocycles. The molecule has 5 nitrogen and oxygen atoms in total. The van der Waals surface area contributed by atoms with E-state index in [9.17, 15) is 21.6 Å². The zero-order valence-corrected chi connectivity index (χ0v) is 17.4. The Morgan fingerprint density at radius 1 is 1.21 bits per heavy atom. The highest BCUT2D eigenvalue weighted by Crippen LogP contribution is 2.45. The standard InChI is InChI=1S/C17H14F3N3O2S3/c1-4-28(24,25)15-13-11(5-8(2)26-13)27-14(15)16-22-9-6-12(17(18,19)20)21-7-10(9)23(16)3/h5-7H,4H2,1-3H3. The molecule has 11 heteroatoms. The summed E-state index contributed by atoms with van der Waals surface area (Å²) in [5, 5.41) is 0. The summed E-state index contributed by atoms with van der Waals surface area (Å²) < 4.78 is 67.6. The molecule has 4 aromatic heterocycles. The van der Waals surface area contributed by atoms with Crippen LogP contribution in [0.1, 0.15) is 17.5 Å². The molecule has 0 radical (unpaired) electrons. The van der Waals surface area contributed by atoms with E-state index in [4.69, 9.17) is 0 Å². The van der Waals surface area contributed by atoms with Gasteiger partial charge in [-0.15, -0.1) is 22.7 Å². The van der Waals surface area contributed by atoms with E-state index in [1.54, 1.807) is 18.5 Å². The molecule has 4 rings (SSSR count). The first-order chi connectivity index (χ1) is 13.0. The van der Waals surface area contributed by atoms with Crippen LogP contribution < -0.4 is 0 Å². The highest BCUT2D eigenvalue weighted by Gasteiger charge is 2.34. The van der Waals surface area contributed by atoms with E-state index in [0.717, 1.165) is 21.8 Å². The average Bonchev–Trinajstić information content (AvgIpc) is 3.23. The lowest BCUT2D eigenvalue weighted by atomic mass is 10.3. The molecule has 0 atom stereocenters. The Balaban J connectivity index is 2.03. The fourth-order valence-electron chi connectivity index (χ4n) is 3.01. The Labute approximate surface area is 166 Å². The van der Waals surface area contributed by atoms with Crippen molar-refractivity contribution < 1.29 is 21.6 Å². The number of fused-ring (bicyclic) bond motifs is 2. The summed E-state index contributed by atoms with van der Waals surface area (Å²) in [7, 11) is -1.92. The quantitative estimate of drug-likeness (QED) is 0.444. The van der Waals surface area contributed by atoms with Crippen LogP contribution >= 0.6 is 22.7 Å². The third kappa shape index (κ3) is 2.92. The number of hydrogen-bond donors (Lipinski definition) is 0. The first-order valence-corrected chi connectivity index (χ1v) is 11.5. The predicted molar refractivity (Wildman–Crippen MR) is 105 cm³/mol. The van der Waals surface area contributed by atoms with Gasteiger partial charge in [0.25, 0.3) is 0 Å². The summed E-state index contributed by atoms with van der Waals surface area (Å²) in [6.07, 6.45) is -3.46. The molecular formula is C17H14F3N3O2S3. The minimum Gasteiger partial charge on any atom is -0.325 e. The molecule has 0 N–H and O–H groups in total. The van der Waals surface area contributed by atoms with Gasteiger partial charge in [-0.1, -0.05) is 6.92 Å². The van der Waals surface area contributed by atoms with Crippen molar-refractivity contribution in [2.45, 2.75) is 24.9 Å². The van der Waals surface area contributed by atoms with Gasteiger partial charge in [0.2, 0.25) is 0 Å². The Kier molecular flexibility index (Phi) is 4.32. The number of sulfone groups is 1. The van der Waals surface area contributed by atoms with Crippen LogP contribution in [-0.4, -0.2) is 28.7 Å². The summed E-state index contributed by atoms with van der Waals surface area (Å²) >= 11 is 2.67. The molecule has 4 aromatic rings. The average molecular weight is 446 g/mol. The van der Waals surface area contributed by atoms with Gasteiger partial charge in [-0.05, 0) is 19.1 Å². The van der Waals surface area contributed by atoms with Crippen molar-refractivity contribution in [3.8, 4) is 10.7 Å². The van der Waals surface area contributed by atoms with Crippen molar-refractivity contribution in [1.29, 1.82) is 0 Å². The van der Waals surface area contributed by atoms with Crippen LogP contribution in [0.25, 0.3) is 31.1 Å². The lowest BCUT2D eigenvalue weighted by Gasteiger charge is -2.05. The van der Waals surface area contributed by atoms with E-state index in [2.05, 4.69) is 9.97 Å². The van der Waals surface area contributed by atoms with Gasteiger partial charge in [0.05, 0.1) is 32.6 Å². The summed E-state index contributed by atoms with van der Waals surface area (Å²) in [4.78, 5) is 9.45. The van der Waals surface area contributed by atoms with Gasteiger partial charge >= 0.3 is 6.18 Å². The van der Waals surface area contributed by atoms with Crippen LogP contribution in [-0.2, 0) is 23.1 Å². The fraction of sp³-hybridized carbons (Fsp3) is 0.294. The molecule has 0 aromatic carbocycles. The molecule has 0 fully saturated rings. The third-order valence-corrected chi connectivity index (χ3v) is 8.78. The van der Waals surface area contributed by atoms with Gasteiger partial charge in [0.1, 0.15) is 10.6 Å².